The van der Waals surface area contributed by atoms with Crippen LogP contribution >= 0.6 is 0 Å². The van der Waals surface area contributed by atoms with E-state index in [1.807, 2.05) is 19.1 Å². The highest BCUT2D eigenvalue weighted by Crippen LogP contribution is 2.40. The zero-order valence-electron chi connectivity index (χ0n) is 10.4. The molecule has 0 atom stereocenters. The summed E-state index contributed by atoms with van der Waals surface area (Å²) in [6.07, 6.45) is 2.60. The first kappa shape index (κ1) is 11.2. The molecule has 1 aromatic heterocycles. The highest BCUT2D eigenvalue weighted by atomic mass is 15.3. The summed E-state index contributed by atoms with van der Waals surface area (Å²) in [7, 11) is 0. The first-order valence-corrected chi connectivity index (χ1v) is 6.19. The standard InChI is InChI=1S/C14H16N4/c1-9-7-13(18-15)17-14(16-9)12-4-2-3-11(8-12)10-5-6-10/h2-4,7-8,10H,5-6,15H2,1H3,(H,16,17,18). The van der Waals surface area contributed by atoms with Gasteiger partial charge in [0.15, 0.2) is 5.82 Å². The molecule has 0 radical (unpaired) electrons. The molecule has 92 valence electrons. The summed E-state index contributed by atoms with van der Waals surface area (Å²) in [6.45, 7) is 1.94. The minimum atomic E-state index is 0.648. The van der Waals surface area contributed by atoms with Crippen molar-refractivity contribution in [3.05, 3.63) is 41.6 Å². The molecule has 4 heteroatoms. The Labute approximate surface area is 106 Å². The van der Waals surface area contributed by atoms with Crippen LogP contribution in [-0.4, -0.2) is 9.97 Å². The SMILES string of the molecule is Cc1cc(NN)nc(-c2cccc(C3CC3)c2)n1. The van der Waals surface area contributed by atoms with Gasteiger partial charge in [0.1, 0.15) is 5.82 Å². The molecule has 4 nitrogen and oxygen atoms in total. The average molecular weight is 240 g/mol. The molecule has 1 heterocycles. The Bertz CT molecular complexity index is 576. The highest BCUT2D eigenvalue weighted by Gasteiger charge is 2.23. The molecule has 2 aromatic rings. The lowest BCUT2D eigenvalue weighted by molar-refractivity contribution is 1.08. The first-order valence-electron chi connectivity index (χ1n) is 6.19. The number of nitrogens with one attached hydrogen (secondary N) is 1. The lowest BCUT2D eigenvalue weighted by atomic mass is 10.1. The zero-order chi connectivity index (χ0) is 12.5. The van der Waals surface area contributed by atoms with Gasteiger partial charge in [-0.25, -0.2) is 15.8 Å². The minimum absolute atomic E-state index is 0.648. The maximum atomic E-state index is 5.41. The topological polar surface area (TPSA) is 63.8 Å². The maximum Gasteiger partial charge on any atom is 0.161 e. The van der Waals surface area contributed by atoms with Gasteiger partial charge in [0.05, 0.1) is 0 Å². The summed E-state index contributed by atoms with van der Waals surface area (Å²) >= 11 is 0. The molecule has 1 fully saturated rings. The van der Waals surface area contributed by atoms with Crippen molar-refractivity contribution in [3.63, 3.8) is 0 Å². The quantitative estimate of drug-likeness (QED) is 0.639. The van der Waals surface area contributed by atoms with Crippen LogP contribution in [0.25, 0.3) is 11.4 Å². The molecule has 1 aliphatic carbocycles. The predicted molar refractivity (Wildman–Crippen MR) is 72.0 cm³/mol. The van der Waals surface area contributed by atoms with E-state index in [9.17, 15) is 0 Å². The lowest BCUT2D eigenvalue weighted by Crippen LogP contribution is -2.10. The normalized spacial score (nSPS) is 14.6. The summed E-state index contributed by atoms with van der Waals surface area (Å²) < 4.78 is 0. The van der Waals surface area contributed by atoms with Gasteiger partial charge in [0.25, 0.3) is 0 Å². The van der Waals surface area contributed by atoms with Gasteiger partial charge in [0, 0.05) is 17.3 Å². The Morgan fingerprint density at radius 3 is 2.78 bits per heavy atom. The van der Waals surface area contributed by atoms with E-state index < -0.39 is 0 Å². The number of rotatable bonds is 3. The van der Waals surface area contributed by atoms with Gasteiger partial charge in [-0.3, -0.25) is 0 Å². The number of nitrogen functional groups attached to an aromatic ring is 1. The molecule has 0 amide bonds. The second-order valence-corrected chi connectivity index (χ2v) is 4.76. The van der Waals surface area contributed by atoms with Gasteiger partial charge in [-0.05, 0) is 37.3 Å². The van der Waals surface area contributed by atoms with E-state index in [0.717, 1.165) is 23.0 Å². The third-order valence-corrected chi connectivity index (χ3v) is 3.20. The highest BCUT2D eigenvalue weighted by molar-refractivity contribution is 5.59. The Morgan fingerprint density at radius 1 is 1.22 bits per heavy atom. The van der Waals surface area contributed by atoms with Crippen LogP contribution in [0.4, 0.5) is 5.82 Å². The number of aromatic nitrogens is 2. The monoisotopic (exact) mass is 240 g/mol. The minimum Gasteiger partial charge on any atom is -0.308 e. The van der Waals surface area contributed by atoms with E-state index in [4.69, 9.17) is 5.84 Å². The first-order chi connectivity index (χ1) is 8.76. The number of anilines is 1. The molecule has 1 aromatic carbocycles. The number of hydrogen-bond acceptors (Lipinski definition) is 4. The Kier molecular flexibility index (Phi) is 2.72. The molecule has 1 saturated carbocycles. The molecule has 0 bridgehead atoms. The van der Waals surface area contributed by atoms with Crippen LogP contribution in [0.1, 0.15) is 30.0 Å². The smallest absolute Gasteiger partial charge is 0.161 e. The molecule has 0 saturated heterocycles. The number of aryl methyl sites for hydroxylation is 1. The van der Waals surface area contributed by atoms with E-state index in [1.165, 1.54) is 18.4 Å². The van der Waals surface area contributed by atoms with E-state index in [1.54, 1.807) is 0 Å². The molecule has 3 N–H and O–H groups in total. The number of benzene rings is 1. The van der Waals surface area contributed by atoms with Gasteiger partial charge >= 0.3 is 0 Å². The van der Waals surface area contributed by atoms with E-state index in [2.05, 4.69) is 33.6 Å². The maximum absolute atomic E-state index is 5.41. The second kappa shape index (κ2) is 4.38. The Balaban J connectivity index is 2.02. The van der Waals surface area contributed by atoms with Crippen molar-refractivity contribution < 1.29 is 0 Å². The van der Waals surface area contributed by atoms with Crippen molar-refractivity contribution >= 4 is 5.82 Å². The van der Waals surface area contributed by atoms with Crippen molar-refractivity contribution in [3.8, 4) is 11.4 Å². The van der Waals surface area contributed by atoms with Crippen LogP contribution in [0.15, 0.2) is 30.3 Å². The Hall–Kier alpha value is -1.94. The van der Waals surface area contributed by atoms with Gasteiger partial charge in [0.2, 0.25) is 0 Å². The molecule has 1 aliphatic rings. The van der Waals surface area contributed by atoms with Crippen LogP contribution < -0.4 is 11.3 Å². The molecule has 0 spiro atoms. The lowest BCUT2D eigenvalue weighted by Gasteiger charge is -2.06. The average Bonchev–Trinajstić information content (AvgIpc) is 3.22. The van der Waals surface area contributed by atoms with Crippen LogP contribution in [0, 0.1) is 6.92 Å². The van der Waals surface area contributed by atoms with Gasteiger partial charge in [-0.15, -0.1) is 0 Å². The van der Waals surface area contributed by atoms with Gasteiger partial charge in [-0.2, -0.15) is 0 Å². The molecular weight excluding hydrogens is 224 g/mol. The summed E-state index contributed by atoms with van der Waals surface area (Å²) in [6, 6.07) is 10.3. The van der Waals surface area contributed by atoms with Crippen LogP contribution in [-0.2, 0) is 0 Å². The number of hydrazine groups is 1. The van der Waals surface area contributed by atoms with E-state index in [-0.39, 0.29) is 0 Å². The molecule has 0 aliphatic heterocycles. The summed E-state index contributed by atoms with van der Waals surface area (Å²) in [4.78, 5) is 8.86. The van der Waals surface area contributed by atoms with Crippen LogP contribution in [0.2, 0.25) is 0 Å². The summed E-state index contributed by atoms with van der Waals surface area (Å²) in [5.74, 6) is 7.53. The molecular formula is C14H16N4. The molecule has 3 rings (SSSR count). The number of nitrogens with zero attached hydrogens (tertiary/aromatic N) is 2. The third kappa shape index (κ3) is 2.19. The van der Waals surface area contributed by atoms with E-state index >= 15 is 0 Å². The summed E-state index contributed by atoms with van der Waals surface area (Å²) in [5.41, 5.74) is 5.93. The zero-order valence-corrected chi connectivity index (χ0v) is 10.4. The fourth-order valence-electron chi connectivity index (χ4n) is 2.12. The Morgan fingerprint density at radius 2 is 2.06 bits per heavy atom. The number of nitrogens with two attached hydrogens (primary N) is 1. The van der Waals surface area contributed by atoms with Crippen molar-refractivity contribution in [2.45, 2.75) is 25.7 Å². The number of hydrogen-bond donors (Lipinski definition) is 2. The van der Waals surface area contributed by atoms with Crippen molar-refractivity contribution in [2.24, 2.45) is 5.84 Å². The van der Waals surface area contributed by atoms with Gasteiger partial charge in [-0.1, -0.05) is 18.2 Å². The largest absolute Gasteiger partial charge is 0.308 e. The second-order valence-electron chi connectivity index (χ2n) is 4.76. The van der Waals surface area contributed by atoms with E-state index in [0.29, 0.717) is 5.82 Å². The predicted octanol–water partition coefficient (Wildman–Crippen LogP) is 2.62. The van der Waals surface area contributed by atoms with Crippen LogP contribution in [0.5, 0.6) is 0 Å². The summed E-state index contributed by atoms with van der Waals surface area (Å²) in [5, 5.41) is 0. The van der Waals surface area contributed by atoms with Gasteiger partial charge < -0.3 is 5.43 Å². The van der Waals surface area contributed by atoms with Crippen molar-refractivity contribution in [1.29, 1.82) is 0 Å². The van der Waals surface area contributed by atoms with Crippen molar-refractivity contribution in [1.82, 2.24) is 9.97 Å². The fraction of sp³-hybridized carbons (Fsp3) is 0.286. The molecule has 0 unspecified atom stereocenters. The fourth-order valence-corrected chi connectivity index (χ4v) is 2.12. The van der Waals surface area contributed by atoms with Crippen LogP contribution in [0.3, 0.4) is 0 Å². The van der Waals surface area contributed by atoms with Crippen molar-refractivity contribution in [2.75, 3.05) is 5.43 Å². The molecule has 18 heavy (non-hydrogen) atoms. The third-order valence-electron chi connectivity index (χ3n) is 3.20.